The smallest absolute Gasteiger partial charge is 0.251 e. The predicted octanol–water partition coefficient (Wildman–Crippen LogP) is 3.77. The monoisotopic (exact) mass is 408 g/mol. The number of nitrogens with zero attached hydrogens (tertiary/aromatic N) is 3. The highest BCUT2D eigenvalue weighted by Gasteiger charge is 2.20. The van der Waals surface area contributed by atoms with E-state index in [2.05, 4.69) is 46.3 Å². The van der Waals surface area contributed by atoms with Crippen LogP contribution in [0, 0.1) is 20.8 Å². The van der Waals surface area contributed by atoms with E-state index in [0.717, 1.165) is 54.5 Å². The van der Waals surface area contributed by atoms with Crippen LogP contribution in [-0.4, -0.2) is 55.1 Å². The van der Waals surface area contributed by atoms with Crippen molar-refractivity contribution in [3.63, 3.8) is 0 Å². The van der Waals surface area contributed by atoms with Gasteiger partial charge in [0, 0.05) is 44.8 Å². The van der Waals surface area contributed by atoms with Gasteiger partial charge in [0.1, 0.15) is 0 Å². The van der Waals surface area contributed by atoms with Crippen LogP contribution in [0.1, 0.15) is 27.0 Å². The third kappa shape index (κ3) is 4.43. The van der Waals surface area contributed by atoms with Gasteiger partial charge in [-0.05, 0) is 44.0 Å². The minimum atomic E-state index is 0.0194. The molecule has 29 heavy (non-hydrogen) atoms. The van der Waals surface area contributed by atoms with Gasteiger partial charge in [0.15, 0.2) is 5.13 Å². The van der Waals surface area contributed by atoms with Gasteiger partial charge in [-0.2, -0.15) is 0 Å². The number of para-hydroxylation sites is 1. The number of carbonyl (C=O) groups is 1. The molecule has 4 rings (SSSR count). The summed E-state index contributed by atoms with van der Waals surface area (Å²) in [6, 6.07) is 12.3. The molecule has 0 radical (unpaired) electrons. The Bertz CT molecular complexity index is 1020. The quantitative estimate of drug-likeness (QED) is 0.698. The zero-order chi connectivity index (χ0) is 20.4. The van der Waals surface area contributed by atoms with Crippen molar-refractivity contribution in [3.8, 4) is 0 Å². The number of rotatable bonds is 5. The summed E-state index contributed by atoms with van der Waals surface area (Å²) in [5.41, 5.74) is 5.35. The van der Waals surface area contributed by atoms with Crippen LogP contribution >= 0.6 is 11.3 Å². The fourth-order valence-electron chi connectivity index (χ4n) is 3.86. The molecule has 0 spiro atoms. The Kier molecular flexibility index (Phi) is 5.83. The van der Waals surface area contributed by atoms with Crippen molar-refractivity contribution in [2.75, 3.05) is 44.2 Å². The Hall–Kier alpha value is -2.44. The van der Waals surface area contributed by atoms with Crippen LogP contribution in [0.5, 0.6) is 0 Å². The Balaban J connectivity index is 1.26. The second kappa shape index (κ2) is 8.51. The maximum atomic E-state index is 12.4. The van der Waals surface area contributed by atoms with Gasteiger partial charge in [-0.3, -0.25) is 9.69 Å². The van der Waals surface area contributed by atoms with E-state index in [1.54, 1.807) is 11.3 Å². The van der Waals surface area contributed by atoms with E-state index in [1.807, 2.05) is 26.0 Å². The highest BCUT2D eigenvalue weighted by molar-refractivity contribution is 7.22. The summed E-state index contributed by atoms with van der Waals surface area (Å²) in [5.74, 6) is 0.0194. The molecule has 0 atom stereocenters. The van der Waals surface area contributed by atoms with Crippen molar-refractivity contribution >= 4 is 32.6 Å². The number of thiazole rings is 1. The number of hydrogen-bond acceptors (Lipinski definition) is 5. The molecule has 152 valence electrons. The number of carbonyl (C=O) groups excluding carboxylic acids is 1. The molecule has 0 saturated carbocycles. The molecule has 0 unspecified atom stereocenters. The summed E-state index contributed by atoms with van der Waals surface area (Å²) in [5, 5.41) is 4.19. The maximum Gasteiger partial charge on any atom is 0.251 e. The second-order valence-corrected chi connectivity index (χ2v) is 8.83. The highest BCUT2D eigenvalue weighted by Crippen LogP contribution is 2.30. The number of aromatic nitrogens is 1. The molecule has 1 aliphatic rings. The molecule has 1 aromatic heterocycles. The van der Waals surface area contributed by atoms with E-state index in [0.29, 0.717) is 6.54 Å². The van der Waals surface area contributed by atoms with E-state index in [4.69, 9.17) is 4.98 Å². The van der Waals surface area contributed by atoms with Crippen LogP contribution in [0.3, 0.4) is 0 Å². The van der Waals surface area contributed by atoms with Gasteiger partial charge < -0.3 is 10.2 Å². The number of aryl methyl sites for hydroxylation is 3. The molecular weight excluding hydrogens is 380 g/mol. The van der Waals surface area contributed by atoms with E-state index < -0.39 is 0 Å². The minimum absolute atomic E-state index is 0.0194. The van der Waals surface area contributed by atoms with Crippen LogP contribution in [0.15, 0.2) is 36.4 Å². The van der Waals surface area contributed by atoms with E-state index >= 15 is 0 Å². The SMILES string of the molecule is Cc1ccc(C(=O)NCCN2CCN(c3nc4c(C)cccc4s3)CC2)c(C)c1. The molecule has 1 aliphatic heterocycles. The fraction of sp³-hybridized carbons (Fsp3) is 0.391. The Morgan fingerprint density at radius 2 is 1.86 bits per heavy atom. The molecule has 1 N–H and O–H groups in total. The molecular formula is C23H28N4OS. The molecule has 3 aromatic rings. The molecule has 0 aliphatic carbocycles. The third-order valence-electron chi connectivity index (χ3n) is 5.59. The van der Waals surface area contributed by atoms with Crippen molar-refractivity contribution < 1.29 is 4.79 Å². The lowest BCUT2D eigenvalue weighted by atomic mass is 10.1. The number of fused-ring (bicyclic) bond motifs is 1. The topological polar surface area (TPSA) is 48.5 Å². The zero-order valence-corrected chi connectivity index (χ0v) is 18.2. The lowest BCUT2D eigenvalue weighted by molar-refractivity contribution is 0.0947. The highest BCUT2D eigenvalue weighted by atomic mass is 32.1. The maximum absolute atomic E-state index is 12.4. The molecule has 0 bridgehead atoms. The van der Waals surface area contributed by atoms with Gasteiger partial charge in [-0.15, -0.1) is 0 Å². The lowest BCUT2D eigenvalue weighted by Crippen LogP contribution is -2.48. The fourth-order valence-corrected chi connectivity index (χ4v) is 4.96. The van der Waals surface area contributed by atoms with Crippen molar-refractivity contribution in [3.05, 3.63) is 58.7 Å². The van der Waals surface area contributed by atoms with Gasteiger partial charge in [0.2, 0.25) is 0 Å². The standard InChI is InChI=1S/C23H28N4OS/c1-16-7-8-19(18(3)15-16)22(28)24-9-10-26-11-13-27(14-12-26)23-25-21-17(2)5-4-6-20(21)29-23/h4-8,15H,9-14H2,1-3H3,(H,24,28). The van der Waals surface area contributed by atoms with Crippen LogP contribution < -0.4 is 10.2 Å². The summed E-state index contributed by atoms with van der Waals surface area (Å²) < 4.78 is 1.26. The van der Waals surface area contributed by atoms with E-state index in [-0.39, 0.29) is 5.91 Å². The summed E-state index contributed by atoms with van der Waals surface area (Å²) in [7, 11) is 0. The van der Waals surface area contributed by atoms with Gasteiger partial charge in [0.05, 0.1) is 10.2 Å². The molecule has 2 heterocycles. The number of piperazine rings is 1. The number of nitrogens with one attached hydrogen (secondary N) is 1. The summed E-state index contributed by atoms with van der Waals surface area (Å²) in [6.07, 6.45) is 0. The number of benzene rings is 2. The number of amides is 1. The van der Waals surface area contributed by atoms with Crippen molar-refractivity contribution in [1.82, 2.24) is 15.2 Å². The Labute approximate surface area is 176 Å². The zero-order valence-electron chi connectivity index (χ0n) is 17.4. The summed E-state index contributed by atoms with van der Waals surface area (Å²) >= 11 is 1.78. The van der Waals surface area contributed by atoms with Gasteiger partial charge in [0.25, 0.3) is 5.91 Å². The second-order valence-electron chi connectivity index (χ2n) is 7.82. The Morgan fingerprint density at radius 3 is 2.59 bits per heavy atom. The van der Waals surface area contributed by atoms with E-state index in [1.165, 1.54) is 15.8 Å². The average molecular weight is 409 g/mol. The van der Waals surface area contributed by atoms with Crippen LogP contribution in [0.25, 0.3) is 10.2 Å². The number of hydrogen-bond donors (Lipinski definition) is 1. The molecule has 1 saturated heterocycles. The first-order chi connectivity index (χ1) is 14.0. The Morgan fingerprint density at radius 1 is 1.07 bits per heavy atom. The van der Waals surface area contributed by atoms with Crippen LogP contribution in [-0.2, 0) is 0 Å². The first-order valence-corrected chi connectivity index (χ1v) is 11.0. The largest absolute Gasteiger partial charge is 0.351 e. The molecule has 5 nitrogen and oxygen atoms in total. The summed E-state index contributed by atoms with van der Waals surface area (Å²) in [4.78, 5) is 22.1. The molecule has 6 heteroatoms. The van der Waals surface area contributed by atoms with Crippen molar-refractivity contribution in [2.24, 2.45) is 0 Å². The van der Waals surface area contributed by atoms with Crippen molar-refractivity contribution in [1.29, 1.82) is 0 Å². The van der Waals surface area contributed by atoms with Gasteiger partial charge >= 0.3 is 0 Å². The lowest BCUT2D eigenvalue weighted by Gasteiger charge is -2.34. The van der Waals surface area contributed by atoms with Gasteiger partial charge in [-0.1, -0.05) is 41.2 Å². The molecule has 1 amide bonds. The predicted molar refractivity (Wildman–Crippen MR) is 121 cm³/mol. The van der Waals surface area contributed by atoms with E-state index in [9.17, 15) is 4.79 Å². The average Bonchev–Trinajstić information content (AvgIpc) is 3.14. The van der Waals surface area contributed by atoms with Crippen molar-refractivity contribution in [2.45, 2.75) is 20.8 Å². The third-order valence-corrected chi connectivity index (χ3v) is 6.67. The molecule has 2 aromatic carbocycles. The molecule has 1 fully saturated rings. The van der Waals surface area contributed by atoms with Crippen LogP contribution in [0.2, 0.25) is 0 Å². The van der Waals surface area contributed by atoms with Crippen LogP contribution in [0.4, 0.5) is 5.13 Å². The normalized spacial score (nSPS) is 15.1. The first kappa shape index (κ1) is 19.9. The minimum Gasteiger partial charge on any atom is -0.351 e. The first-order valence-electron chi connectivity index (χ1n) is 10.2. The summed E-state index contributed by atoms with van der Waals surface area (Å²) in [6.45, 7) is 11.6. The number of anilines is 1. The van der Waals surface area contributed by atoms with Gasteiger partial charge in [-0.25, -0.2) is 4.98 Å².